The Kier molecular flexibility index (Phi) is 3.78. The van der Waals surface area contributed by atoms with Crippen LogP contribution in [0.15, 0.2) is 18.2 Å². The van der Waals surface area contributed by atoms with Gasteiger partial charge in [-0.1, -0.05) is 12.1 Å². The van der Waals surface area contributed by atoms with E-state index in [1.807, 2.05) is 6.07 Å². The number of hydrogen-bond donors (Lipinski definition) is 3. The van der Waals surface area contributed by atoms with Crippen LogP contribution in [0.25, 0.3) is 0 Å². The number of nitrogens with zero attached hydrogens (tertiary/aromatic N) is 1. The Morgan fingerprint density at radius 3 is 2.56 bits per heavy atom. The molecule has 1 aliphatic carbocycles. The van der Waals surface area contributed by atoms with Crippen molar-refractivity contribution >= 4 is 0 Å². The molecule has 0 atom stereocenters. The molecule has 100 valence electrons. The smallest absolute Gasteiger partial charge is 0.161 e. The summed E-state index contributed by atoms with van der Waals surface area (Å²) in [6, 6.07) is 5.06. The molecule has 0 bridgehead atoms. The Labute approximate surface area is 108 Å². The van der Waals surface area contributed by atoms with Crippen LogP contribution < -0.4 is 5.32 Å². The van der Waals surface area contributed by atoms with Crippen molar-refractivity contribution in [2.45, 2.75) is 31.3 Å². The van der Waals surface area contributed by atoms with Gasteiger partial charge in [-0.3, -0.25) is 0 Å². The summed E-state index contributed by atoms with van der Waals surface area (Å²) in [5.74, 6) is -0.0715. The average molecular weight is 250 g/mol. The van der Waals surface area contributed by atoms with Crippen LogP contribution in [-0.4, -0.2) is 41.3 Å². The van der Waals surface area contributed by atoms with E-state index < -0.39 is 0 Å². The first-order valence-electron chi connectivity index (χ1n) is 6.43. The third kappa shape index (κ3) is 2.44. The highest BCUT2D eigenvalue weighted by atomic mass is 16.3. The number of rotatable bonds is 5. The summed E-state index contributed by atoms with van der Waals surface area (Å²) in [7, 11) is 4.24. The normalized spacial score (nSPS) is 17.7. The minimum atomic E-state index is -0.0553. The van der Waals surface area contributed by atoms with Crippen molar-refractivity contribution in [1.82, 2.24) is 10.2 Å². The van der Waals surface area contributed by atoms with Gasteiger partial charge in [-0.05, 0) is 39.4 Å². The zero-order chi connectivity index (χ0) is 13.2. The summed E-state index contributed by atoms with van der Waals surface area (Å²) < 4.78 is 0. The lowest BCUT2D eigenvalue weighted by molar-refractivity contribution is 0.0597. The zero-order valence-electron chi connectivity index (χ0n) is 11.1. The highest BCUT2D eigenvalue weighted by Gasteiger charge is 2.38. The van der Waals surface area contributed by atoms with Crippen LogP contribution in [0.1, 0.15) is 24.8 Å². The Morgan fingerprint density at radius 2 is 2.00 bits per heavy atom. The van der Waals surface area contributed by atoms with Crippen LogP contribution in [0.4, 0.5) is 0 Å². The minimum absolute atomic E-state index is 0.0162. The predicted octanol–water partition coefficient (Wildman–Crippen LogP) is 1.67. The summed E-state index contributed by atoms with van der Waals surface area (Å²) in [6.07, 6.45) is 3.73. The number of hydrogen-bond acceptors (Lipinski definition) is 4. The summed E-state index contributed by atoms with van der Waals surface area (Å²) in [6.45, 7) is 1.49. The van der Waals surface area contributed by atoms with E-state index in [0.29, 0.717) is 6.54 Å². The quantitative estimate of drug-likeness (QED) is 0.696. The molecule has 4 heteroatoms. The highest BCUT2D eigenvalue weighted by Crippen LogP contribution is 2.35. The number of benzene rings is 1. The van der Waals surface area contributed by atoms with Gasteiger partial charge in [-0.2, -0.15) is 0 Å². The Morgan fingerprint density at radius 1 is 1.28 bits per heavy atom. The SMILES string of the molecule is CN(C)C1(CNCc2cccc(O)c2O)CCC1. The van der Waals surface area contributed by atoms with E-state index in [0.717, 1.165) is 12.1 Å². The monoisotopic (exact) mass is 250 g/mol. The van der Waals surface area contributed by atoms with Gasteiger partial charge < -0.3 is 20.4 Å². The zero-order valence-corrected chi connectivity index (χ0v) is 11.1. The third-order valence-electron chi connectivity index (χ3n) is 4.10. The molecule has 0 heterocycles. The molecule has 0 amide bonds. The third-order valence-corrected chi connectivity index (χ3v) is 4.10. The van der Waals surface area contributed by atoms with E-state index in [1.165, 1.54) is 25.3 Å². The standard InChI is InChI=1S/C14H22N2O2/c1-16(2)14(7-4-8-14)10-15-9-11-5-3-6-12(17)13(11)18/h3,5-6,15,17-18H,4,7-10H2,1-2H3. The molecule has 1 aliphatic rings. The number of nitrogens with one attached hydrogen (secondary N) is 1. The second-order valence-electron chi connectivity index (χ2n) is 5.36. The maximum atomic E-state index is 9.71. The van der Waals surface area contributed by atoms with Crippen LogP contribution in [0, 0.1) is 0 Å². The fourth-order valence-corrected chi connectivity index (χ4v) is 2.52. The van der Waals surface area contributed by atoms with Gasteiger partial charge in [-0.15, -0.1) is 0 Å². The average Bonchev–Trinajstić information content (AvgIpc) is 2.27. The molecule has 0 radical (unpaired) electrons. The van der Waals surface area contributed by atoms with E-state index in [-0.39, 0.29) is 17.0 Å². The largest absolute Gasteiger partial charge is 0.504 e. The fourth-order valence-electron chi connectivity index (χ4n) is 2.52. The Hall–Kier alpha value is -1.26. The molecule has 0 aromatic heterocycles. The molecule has 0 saturated heterocycles. The molecular weight excluding hydrogens is 228 g/mol. The van der Waals surface area contributed by atoms with Gasteiger partial charge in [0.2, 0.25) is 0 Å². The minimum Gasteiger partial charge on any atom is -0.504 e. The Bertz CT molecular complexity index is 414. The molecule has 3 N–H and O–H groups in total. The number of likely N-dealkylation sites (N-methyl/N-ethyl adjacent to an activating group) is 1. The predicted molar refractivity (Wildman–Crippen MR) is 71.7 cm³/mol. The second kappa shape index (κ2) is 5.16. The van der Waals surface area contributed by atoms with Crippen molar-refractivity contribution in [3.63, 3.8) is 0 Å². The number of phenolic OH excluding ortho intramolecular Hbond substituents is 2. The van der Waals surface area contributed by atoms with Crippen molar-refractivity contribution in [3.8, 4) is 11.5 Å². The first-order chi connectivity index (χ1) is 8.55. The van der Waals surface area contributed by atoms with E-state index >= 15 is 0 Å². The molecule has 1 aromatic rings. The first kappa shape index (κ1) is 13.2. The van der Waals surface area contributed by atoms with Gasteiger partial charge in [0, 0.05) is 24.2 Å². The summed E-state index contributed by atoms with van der Waals surface area (Å²) in [5.41, 5.74) is 1.01. The molecule has 0 unspecified atom stereocenters. The topological polar surface area (TPSA) is 55.7 Å². The van der Waals surface area contributed by atoms with Gasteiger partial charge in [0.05, 0.1) is 0 Å². The van der Waals surface area contributed by atoms with Crippen LogP contribution in [-0.2, 0) is 6.54 Å². The van der Waals surface area contributed by atoms with Crippen LogP contribution in [0.3, 0.4) is 0 Å². The number of phenols is 2. The highest BCUT2D eigenvalue weighted by molar-refractivity contribution is 5.44. The molecule has 4 nitrogen and oxygen atoms in total. The van der Waals surface area contributed by atoms with E-state index in [2.05, 4.69) is 24.3 Å². The maximum Gasteiger partial charge on any atom is 0.161 e. The van der Waals surface area contributed by atoms with E-state index in [9.17, 15) is 10.2 Å². The molecular formula is C14H22N2O2. The van der Waals surface area contributed by atoms with Crippen molar-refractivity contribution < 1.29 is 10.2 Å². The molecule has 1 fully saturated rings. The van der Waals surface area contributed by atoms with Gasteiger partial charge >= 0.3 is 0 Å². The van der Waals surface area contributed by atoms with Gasteiger partial charge in [-0.25, -0.2) is 0 Å². The lowest BCUT2D eigenvalue weighted by atomic mass is 9.75. The molecule has 0 aliphatic heterocycles. The fraction of sp³-hybridized carbons (Fsp3) is 0.571. The number of aromatic hydroxyl groups is 2. The first-order valence-corrected chi connectivity index (χ1v) is 6.43. The van der Waals surface area contributed by atoms with Crippen molar-refractivity contribution in [2.75, 3.05) is 20.6 Å². The molecule has 0 spiro atoms. The van der Waals surface area contributed by atoms with Crippen molar-refractivity contribution in [1.29, 1.82) is 0 Å². The van der Waals surface area contributed by atoms with Crippen LogP contribution in [0.2, 0.25) is 0 Å². The summed E-state index contributed by atoms with van der Waals surface area (Å²) in [5, 5.41) is 22.5. The molecule has 2 rings (SSSR count). The van der Waals surface area contributed by atoms with E-state index in [1.54, 1.807) is 6.07 Å². The summed E-state index contributed by atoms with van der Waals surface area (Å²) in [4.78, 5) is 2.28. The van der Waals surface area contributed by atoms with Gasteiger partial charge in [0.25, 0.3) is 0 Å². The van der Waals surface area contributed by atoms with Crippen LogP contribution in [0.5, 0.6) is 11.5 Å². The molecule has 1 aromatic carbocycles. The van der Waals surface area contributed by atoms with E-state index in [4.69, 9.17) is 0 Å². The van der Waals surface area contributed by atoms with Crippen molar-refractivity contribution in [2.24, 2.45) is 0 Å². The van der Waals surface area contributed by atoms with Crippen molar-refractivity contribution in [3.05, 3.63) is 23.8 Å². The van der Waals surface area contributed by atoms with Gasteiger partial charge in [0.15, 0.2) is 11.5 Å². The maximum absolute atomic E-state index is 9.71. The van der Waals surface area contributed by atoms with Gasteiger partial charge in [0.1, 0.15) is 0 Å². The molecule has 18 heavy (non-hydrogen) atoms. The lowest BCUT2D eigenvalue weighted by Crippen LogP contribution is -2.56. The van der Waals surface area contributed by atoms with Crippen LogP contribution >= 0.6 is 0 Å². The second-order valence-corrected chi connectivity index (χ2v) is 5.36. The number of para-hydroxylation sites is 1. The lowest BCUT2D eigenvalue weighted by Gasteiger charge is -2.47. The summed E-state index contributed by atoms with van der Waals surface area (Å²) >= 11 is 0. The molecule has 1 saturated carbocycles. The Balaban J connectivity index is 1.90.